The Kier molecular flexibility index (Phi) is 4.81. The molecule has 1 aromatic carbocycles. The van der Waals surface area contributed by atoms with Crippen molar-refractivity contribution in [3.05, 3.63) is 28.5 Å². The molecule has 29 heavy (non-hydrogen) atoms. The molecule has 0 radical (unpaired) electrons. The molecule has 4 aliphatic carbocycles. The highest BCUT2D eigenvalue weighted by molar-refractivity contribution is 7.89. The van der Waals surface area contributed by atoms with Gasteiger partial charge in [-0.1, -0.05) is 11.6 Å². The Balaban J connectivity index is 1.56. The van der Waals surface area contributed by atoms with Crippen LogP contribution in [-0.4, -0.2) is 37.8 Å². The first-order chi connectivity index (χ1) is 13.5. The van der Waals surface area contributed by atoms with Crippen molar-refractivity contribution >= 4 is 33.5 Å². The van der Waals surface area contributed by atoms with Crippen LogP contribution in [0.2, 0.25) is 5.02 Å². The Hall–Kier alpha value is -1.87. The molecular weight excluding hydrogens is 425 g/mol. The first-order valence-corrected chi connectivity index (χ1v) is 11.7. The summed E-state index contributed by atoms with van der Waals surface area (Å²) in [5, 5.41) is 9.70. The van der Waals surface area contributed by atoms with Gasteiger partial charge in [-0.05, 0) is 55.9 Å². The molecule has 0 aliphatic heterocycles. The van der Waals surface area contributed by atoms with Crippen LogP contribution in [0.5, 0.6) is 5.75 Å². The average Bonchev–Trinajstić information content (AvgIpc) is 2.58. The van der Waals surface area contributed by atoms with Crippen LogP contribution in [0.1, 0.15) is 42.5 Å². The molecule has 2 atom stereocenters. The minimum Gasteiger partial charge on any atom is -0.488 e. The number of carboxylic acid groups (broad SMARTS) is 1. The first-order valence-electron chi connectivity index (χ1n) is 9.39. The second kappa shape index (κ2) is 6.84. The maximum atomic E-state index is 14.5. The molecule has 4 saturated carbocycles. The van der Waals surface area contributed by atoms with Gasteiger partial charge in [0, 0.05) is 6.07 Å². The van der Waals surface area contributed by atoms with Gasteiger partial charge in [0.1, 0.15) is 17.7 Å². The monoisotopic (exact) mass is 445 g/mol. The third kappa shape index (κ3) is 3.70. The number of carboxylic acids is 1. The standard InChI is InChI=1S/C19H21ClFNO6S/c1-29(26,27)22-17(23)12-4-13(20)15(5-14(12)21)28-16-10-2-9-3-11(16)8-19(6-9,7-10)18(24)25/h4-5,9-11,16H,2-3,6-8H2,1H3,(H,22,23)(H,24,25). The zero-order chi connectivity index (χ0) is 21.1. The minimum absolute atomic E-state index is 0.00759. The Bertz CT molecular complexity index is 981. The van der Waals surface area contributed by atoms with Crippen LogP contribution in [0.3, 0.4) is 0 Å². The number of carbonyl (C=O) groups excluding carboxylic acids is 1. The van der Waals surface area contributed by atoms with Crippen LogP contribution < -0.4 is 9.46 Å². The number of carbonyl (C=O) groups is 2. The van der Waals surface area contributed by atoms with Crippen LogP contribution in [0.25, 0.3) is 0 Å². The van der Waals surface area contributed by atoms with Crippen LogP contribution in [0.4, 0.5) is 4.39 Å². The van der Waals surface area contributed by atoms with E-state index in [1.165, 1.54) is 0 Å². The van der Waals surface area contributed by atoms with Crippen molar-refractivity contribution in [3.8, 4) is 5.75 Å². The zero-order valence-corrected chi connectivity index (χ0v) is 17.2. The fourth-order valence-electron chi connectivity index (χ4n) is 5.59. The fourth-order valence-corrected chi connectivity index (χ4v) is 6.25. The van der Waals surface area contributed by atoms with E-state index in [1.54, 1.807) is 4.72 Å². The Morgan fingerprint density at radius 1 is 1.24 bits per heavy atom. The number of hydrogen-bond acceptors (Lipinski definition) is 5. The average molecular weight is 446 g/mol. The Morgan fingerprint density at radius 3 is 2.41 bits per heavy atom. The molecule has 0 spiro atoms. The molecule has 0 heterocycles. The summed E-state index contributed by atoms with van der Waals surface area (Å²) in [6.45, 7) is 0. The topological polar surface area (TPSA) is 110 Å². The van der Waals surface area contributed by atoms with E-state index in [9.17, 15) is 27.5 Å². The summed E-state index contributed by atoms with van der Waals surface area (Å²) in [6, 6.07) is 2.03. The maximum Gasteiger partial charge on any atom is 0.309 e. The summed E-state index contributed by atoms with van der Waals surface area (Å²) < 4.78 is 44.6. The third-order valence-electron chi connectivity index (χ3n) is 6.45. The second-order valence-electron chi connectivity index (χ2n) is 8.60. The molecule has 158 valence electrons. The number of hydrogen-bond donors (Lipinski definition) is 2. The predicted molar refractivity (Wildman–Crippen MR) is 102 cm³/mol. The molecular formula is C19H21ClFNO6S. The summed E-state index contributed by atoms with van der Waals surface area (Å²) in [5.41, 5.74) is -1.18. The highest BCUT2D eigenvalue weighted by Gasteiger charge is 2.59. The normalized spacial score (nSPS) is 32.8. The van der Waals surface area contributed by atoms with Gasteiger partial charge in [0.15, 0.2) is 0 Å². The van der Waals surface area contributed by atoms with E-state index in [0.717, 1.165) is 31.2 Å². The summed E-state index contributed by atoms with van der Waals surface area (Å²) >= 11 is 6.19. The molecule has 4 fully saturated rings. The van der Waals surface area contributed by atoms with Gasteiger partial charge in [0.2, 0.25) is 10.0 Å². The van der Waals surface area contributed by atoms with E-state index in [1.807, 2.05) is 0 Å². The number of rotatable bonds is 5. The van der Waals surface area contributed by atoms with Gasteiger partial charge in [-0.15, -0.1) is 0 Å². The lowest BCUT2D eigenvalue weighted by molar-refractivity contribution is -0.175. The highest BCUT2D eigenvalue weighted by atomic mass is 35.5. The number of aliphatic carboxylic acids is 1. The van der Waals surface area contributed by atoms with Gasteiger partial charge in [-0.3, -0.25) is 9.59 Å². The van der Waals surface area contributed by atoms with Crippen molar-refractivity contribution in [2.75, 3.05) is 6.26 Å². The molecule has 7 nitrogen and oxygen atoms in total. The number of benzene rings is 1. The molecule has 4 bridgehead atoms. The number of amides is 1. The van der Waals surface area contributed by atoms with Crippen LogP contribution in [0, 0.1) is 29.0 Å². The van der Waals surface area contributed by atoms with E-state index in [-0.39, 0.29) is 28.7 Å². The van der Waals surface area contributed by atoms with Crippen molar-refractivity contribution in [3.63, 3.8) is 0 Å². The molecule has 0 aromatic heterocycles. The Labute approximate surface area is 172 Å². The SMILES string of the molecule is CS(=O)(=O)NC(=O)c1cc(Cl)c(OC2C3CC4CC2CC(C(=O)O)(C4)C3)cc1F. The first kappa shape index (κ1) is 20.4. The van der Waals surface area contributed by atoms with E-state index in [2.05, 4.69) is 0 Å². The molecule has 0 saturated heterocycles. The highest BCUT2D eigenvalue weighted by Crippen LogP contribution is 2.61. The summed E-state index contributed by atoms with van der Waals surface area (Å²) in [6.07, 6.45) is 4.08. The van der Waals surface area contributed by atoms with Gasteiger partial charge in [0.05, 0.1) is 22.3 Å². The van der Waals surface area contributed by atoms with Crippen LogP contribution in [0.15, 0.2) is 12.1 Å². The minimum atomic E-state index is -3.85. The lowest BCUT2D eigenvalue weighted by Gasteiger charge is -2.57. The van der Waals surface area contributed by atoms with Gasteiger partial charge in [-0.25, -0.2) is 17.5 Å². The summed E-state index contributed by atoms with van der Waals surface area (Å²) in [4.78, 5) is 23.8. The molecule has 2 N–H and O–H groups in total. The molecule has 10 heteroatoms. The van der Waals surface area contributed by atoms with Crippen molar-refractivity contribution in [2.24, 2.45) is 23.2 Å². The van der Waals surface area contributed by atoms with Crippen LogP contribution in [-0.2, 0) is 14.8 Å². The quantitative estimate of drug-likeness (QED) is 0.721. The number of sulfonamides is 1. The lowest BCUT2D eigenvalue weighted by atomic mass is 9.48. The maximum absolute atomic E-state index is 14.5. The zero-order valence-electron chi connectivity index (χ0n) is 15.7. The summed E-state index contributed by atoms with van der Waals surface area (Å²) in [7, 11) is -3.85. The van der Waals surface area contributed by atoms with Gasteiger partial charge in [0.25, 0.3) is 5.91 Å². The molecule has 1 amide bonds. The van der Waals surface area contributed by atoms with Gasteiger partial charge < -0.3 is 9.84 Å². The van der Waals surface area contributed by atoms with Crippen molar-refractivity contribution < 1.29 is 32.2 Å². The van der Waals surface area contributed by atoms with E-state index < -0.39 is 38.7 Å². The summed E-state index contributed by atoms with van der Waals surface area (Å²) in [5.74, 6) is -2.25. The molecule has 4 aliphatic rings. The van der Waals surface area contributed by atoms with Crippen molar-refractivity contribution in [1.29, 1.82) is 0 Å². The molecule has 5 rings (SSSR count). The lowest BCUT2D eigenvalue weighted by Crippen LogP contribution is -2.57. The molecule has 1 aromatic rings. The van der Waals surface area contributed by atoms with E-state index >= 15 is 0 Å². The third-order valence-corrected chi connectivity index (χ3v) is 7.30. The van der Waals surface area contributed by atoms with Gasteiger partial charge in [-0.2, -0.15) is 0 Å². The van der Waals surface area contributed by atoms with E-state index in [4.69, 9.17) is 16.3 Å². The number of halogens is 2. The van der Waals surface area contributed by atoms with Crippen molar-refractivity contribution in [1.82, 2.24) is 4.72 Å². The fraction of sp³-hybridized carbons (Fsp3) is 0.579. The Morgan fingerprint density at radius 2 is 1.86 bits per heavy atom. The second-order valence-corrected chi connectivity index (χ2v) is 10.8. The van der Waals surface area contributed by atoms with Crippen molar-refractivity contribution in [2.45, 2.75) is 38.2 Å². The predicted octanol–water partition coefficient (Wildman–Crippen LogP) is 2.83. The molecule has 2 unspecified atom stereocenters. The number of ether oxygens (including phenoxy) is 1. The number of nitrogens with one attached hydrogen (secondary N) is 1. The largest absolute Gasteiger partial charge is 0.488 e. The van der Waals surface area contributed by atoms with Crippen LogP contribution >= 0.6 is 11.6 Å². The smallest absolute Gasteiger partial charge is 0.309 e. The van der Waals surface area contributed by atoms with Gasteiger partial charge >= 0.3 is 5.97 Å². The van der Waals surface area contributed by atoms with E-state index in [0.29, 0.717) is 25.2 Å².